The molecule has 1 aliphatic rings. The molecule has 14 heavy (non-hydrogen) atoms. The van der Waals surface area contributed by atoms with E-state index in [9.17, 15) is 4.79 Å². The minimum absolute atomic E-state index is 0.0386. The van der Waals surface area contributed by atoms with E-state index in [1.54, 1.807) is 0 Å². The molecular formula is C11H21NO2. The summed E-state index contributed by atoms with van der Waals surface area (Å²) in [5.41, 5.74) is -0.389. The number of rotatable bonds is 2. The summed E-state index contributed by atoms with van der Waals surface area (Å²) in [6.07, 6.45) is 1.15. The van der Waals surface area contributed by atoms with Crippen molar-refractivity contribution in [3.05, 3.63) is 0 Å². The van der Waals surface area contributed by atoms with Gasteiger partial charge in [-0.15, -0.1) is 0 Å². The minimum atomic E-state index is -0.389. The lowest BCUT2D eigenvalue weighted by Gasteiger charge is -2.24. The second-order valence-electron chi connectivity index (χ2n) is 5.11. The molecule has 1 rings (SSSR count). The summed E-state index contributed by atoms with van der Waals surface area (Å²) in [5, 5.41) is 3.27. The van der Waals surface area contributed by atoms with Gasteiger partial charge in [-0.2, -0.15) is 0 Å². The number of hydrogen-bond donors (Lipinski definition) is 1. The van der Waals surface area contributed by atoms with Gasteiger partial charge in [-0.05, 0) is 40.7 Å². The molecule has 1 fully saturated rings. The molecule has 1 unspecified atom stereocenters. The molecule has 0 amide bonds. The Morgan fingerprint density at radius 3 is 2.57 bits per heavy atom. The van der Waals surface area contributed by atoms with Crippen molar-refractivity contribution in [2.75, 3.05) is 13.1 Å². The van der Waals surface area contributed by atoms with Crippen LogP contribution in [-0.2, 0) is 9.53 Å². The summed E-state index contributed by atoms with van der Waals surface area (Å²) in [4.78, 5) is 11.6. The third-order valence-corrected chi connectivity index (χ3v) is 2.67. The number of hydrogen-bond acceptors (Lipinski definition) is 3. The lowest BCUT2D eigenvalue weighted by atomic mass is 9.96. The molecule has 1 N–H and O–H groups in total. The van der Waals surface area contributed by atoms with E-state index in [0.29, 0.717) is 5.92 Å². The average Bonchev–Trinajstić information content (AvgIpc) is 2.53. The van der Waals surface area contributed by atoms with Crippen LogP contribution < -0.4 is 5.32 Å². The Kier molecular flexibility index (Phi) is 3.53. The zero-order valence-corrected chi connectivity index (χ0v) is 9.59. The van der Waals surface area contributed by atoms with Gasteiger partial charge in [-0.3, -0.25) is 4.79 Å². The van der Waals surface area contributed by atoms with Gasteiger partial charge in [-0.1, -0.05) is 0 Å². The van der Waals surface area contributed by atoms with Crippen LogP contribution in [-0.4, -0.2) is 25.2 Å². The van der Waals surface area contributed by atoms with E-state index in [1.807, 2.05) is 27.7 Å². The Labute approximate surface area is 86.2 Å². The highest BCUT2D eigenvalue weighted by atomic mass is 16.5. The standard InChI is InChI=1S/C11H21NO2/c1-8(9-5-6-12-7-9)14-10(13)11(2,3)4/h8-9,12H,5-7H2,1-4H3/t8?,9-/m0/s1. The van der Waals surface area contributed by atoms with Gasteiger partial charge in [0.05, 0.1) is 5.41 Å². The van der Waals surface area contributed by atoms with Gasteiger partial charge in [-0.25, -0.2) is 0 Å². The molecule has 1 aliphatic heterocycles. The lowest BCUT2D eigenvalue weighted by Crippen LogP contribution is -2.31. The maximum atomic E-state index is 11.6. The Morgan fingerprint density at radius 1 is 1.50 bits per heavy atom. The third kappa shape index (κ3) is 2.98. The van der Waals surface area contributed by atoms with Gasteiger partial charge in [0, 0.05) is 12.5 Å². The molecule has 2 atom stereocenters. The first-order valence-corrected chi connectivity index (χ1v) is 5.33. The smallest absolute Gasteiger partial charge is 0.311 e. The topological polar surface area (TPSA) is 38.3 Å². The van der Waals surface area contributed by atoms with E-state index in [-0.39, 0.29) is 17.5 Å². The third-order valence-electron chi connectivity index (χ3n) is 2.67. The first kappa shape index (κ1) is 11.5. The molecule has 0 aliphatic carbocycles. The summed E-state index contributed by atoms with van der Waals surface area (Å²) in [5.74, 6) is 0.387. The van der Waals surface area contributed by atoms with Crippen molar-refractivity contribution in [3.63, 3.8) is 0 Å². The monoisotopic (exact) mass is 199 g/mol. The van der Waals surface area contributed by atoms with Crippen LogP contribution >= 0.6 is 0 Å². The minimum Gasteiger partial charge on any atom is -0.462 e. The van der Waals surface area contributed by atoms with Crippen molar-refractivity contribution < 1.29 is 9.53 Å². The lowest BCUT2D eigenvalue weighted by molar-refractivity contribution is -0.160. The largest absolute Gasteiger partial charge is 0.462 e. The molecular weight excluding hydrogens is 178 g/mol. The normalized spacial score (nSPS) is 24.7. The molecule has 0 aromatic heterocycles. The molecule has 3 heteroatoms. The maximum Gasteiger partial charge on any atom is 0.311 e. The first-order valence-electron chi connectivity index (χ1n) is 5.33. The van der Waals surface area contributed by atoms with Crippen LogP contribution in [0.4, 0.5) is 0 Å². The van der Waals surface area contributed by atoms with Crippen molar-refractivity contribution in [1.82, 2.24) is 5.32 Å². The van der Waals surface area contributed by atoms with Crippen LogP contribution in [0.2, 0.25) is 0 Å². The van der Waals surface area contributed by atoms with Crippen molar-refractivity contribution >= 4 is 5.97 Å². The fourth-order valence-corrected chi connectivity index (χ4v) is 1.52. The highest BCUT2D eigenvalue weighted by Gasteiger charge is 2.29. The fraction of sp³-hybridized carbons (Fsp3) is 0.909. The molecule has 1 heterocycles. The van der Waals surface area contributed by atoms with E-state index in [4.69, 9.17) is 4.74 Å². The van der Waals surface area contributed by atoms with Gasteiger partial charge in [0.15, 0.2) is 0 Å². The van der Waals surface area contributed by atoms with Crippen LogP contribution in [0.1, 0.15) is 34.1 Å². The Hall–Kier alpha value is -0.570. The van der Waals surface area contributed by atoms with Crippen LogP contribution in [0, 0.1) is 11.3 Å². The van der Waals surface area contributed by atoms with Crippen LogP contribution in [0.25, 0.3) is 0 Å². The van der Waals surface area contributed by atoms with E-state index in [0.717, 1.165) is 19.5 Å². The molecule has 0 aromatic rings. The number of carbonyl (C=O) groups is 1. The predicted molar refractivity (Wildman–Crippen MR) is 56.0 cm³/mol. The summed E-state index contributed by atoms with van der Waals surface area (Å²) in [6.45, 7) is 9.65. The van der Waals surface area contributed by atoms with Gasteiger partial charge >= 0.3 is 5.97 Å². The molecule has 0 spiro atoms. The highest BCUT2D eigenvalue weighted by Crippen LogP contribution is 2.21. The Balaban J connectivity index is 2.39. The molecule has 0 aromatic carbocycles. The summed E-state index contributed by atoms with van der Waals surface area (Å²) in [6, 6.07) is 0. The van der Waals surface area contributed by atoms with Crippen molar-refractivity contribution in [2.24, 2.45) is 11.3 Å². The molecule has 82 valence electrons. The van der Waals surface area contributed by atoms with E-state index in [2.05, 4.69) is 5.32 Å². The number of nitrogens with one attached hydrogen (secondary N) is 1. The molecule has 0 radical (unpaired) electrons. The molecule has 1 saturated heterocycles. The Bertz CT molecular complexity index is 202. The highest BCUT2D eigenvalue weighted by molar-refractivity contribution is 5.75. The quantitative estimate of drug-likeness (QED) is 0.686. The zero-order valence-electron chi connectivity index (χ0n) is 9.59. The van der Waals surface area contributed by atoms with Gasteiger partial charge in [0.2, 0.25) is 0 Å². The van der Waals surface area contributed by atoms with Crippen LogP contribution in [0.3, 0.4) is 0 Å². The molecule has 3 nitrogen and oxygen atoms in total. The average molecular weight is 199 g/mol. The van der Waals surface area contributed by atoms with Gasteiger partial charge in [0.1, 0.15) is 6.10 Å². The zero-order chi connectivity index (χ0) is 10.8. The van der Waals surface area contributed by atoms with E-state index in [1.165, 1.54) is 0 Å². The predicted octanol–water partition coefficient (Wildman–Crippen LogP) is 1.57. The van der Waals surface area contributed by atoms with Crippen LogP contribution in [0.15, 0.2) is 0 Å². The fourth-order valence-electron chi connectivity index (χ4n) is 1.52. The molecule has 0 saturated carbocycles. The number of ether oxygens (including phenoxy) is 1. The van der Waals surface area contributed by atoms with Gasteiger partial charge in [0.25, 0.3) is 0 Å². The number of carbonyl (C=O) groups excluding carboxylic acids is 1. The summed E-state index contributed by atoms with van der Waals surface area (Å²) < 4.78 is 5.42. The first-order chi connectivity index (χ1) is 6.41. The number of esters is 1. The Morgan fingerprint density at radius 2 is 2.14 bits per heavy atom. The van der Waals surface area contributed by atoms with E-state index < -0.39 is 0 Å². The maximum absolute atomic E-state index is 11.6. The van der Waals surface area contributed by atoms with Gasteiger partial charge < -0.3 is 10.1 Å². The second kappa shape index (κ2) is 4.30. The SMILES string of the molecule is CC(OC(=O)C(C)(C)C)[C@H]1CCNC1. The van der Waals surface area contributed by atoms with Crippen molar-refractivity contribution in [2.45, 2.75) is 40.2 Å². The van der Waals surface area contributed by atoms with Crippen molar-refractivity contribution in [3.8, 4) is 0 Å². The second-order valence-corrected chi connectivity index (χ2v) is 5.11. The van der Waals surface area contributed by atoms with Crippen molar-refractivity contribution in [1.29, 1.82) is 0 Å². The van der Waals surface area contributed by atoms with Crippen LogP contribution in [0.5, 0.6) is 0 Å². The summed E-state index contributed by atoms with van der Waals surface area (Å²) >= 11 is 0. The summed E-state index contributed by atoms with van der Waals surface area (Å²) in [7, 11) is 0. The molecule has 0 bridgehead atoms. The van der Waals surface area contributed by atoms with E-state index >= 15 is 0 Å².